The van der Waals surface area contributed by atoms with Crippen LogP contribution < -0.4 is 5.32 Å². The molecule has 0 saturated carbocycles. The average Bonchev–Trinajstić information content (AvgIpc) is 2.54. The molecule has 2 N–H and O–H groups in total. The van der Waals surface area contributed by atoms with Crippen molar-refractivity contribution < 1.29 is 18.3 Å². The lowest BCUT2D eigenvalue weighted by atomic mass is 10.1. The first kappa shape index (κ1) is 18.9. The van der Waals surface area contributed by atoms with Crippen LogP contribution in [0.15, 0.2) is 29.2 Å². The van der Waals surface area contributed by atoms with Gasteiger partial charge in [-0.2, -0.15) is 0 Å². The van der Waals surface area contributed by atoms with Gasteiger partial charge in [-0.3, -0.25) is 4.79 Å². The van der Waals surface area contributed by atoms with E-state index >= 15 is 0 Å². The number of nitrogens with zero attached hydrogens (tertiary/aromatic N) is 2. The van der Waals surface area contributed by atoms with E-state index in [1.807, 2.05) is 0 Å². The Morgan fingerprint density at radius 2 is 1.83 bits per heavy atom. The van der Waals surface area contributed by atoms with Crippen molar-refractivity contribution in [2.45, 2.75) is 30.3 Å². The lowest BCUT2D eigenvalue weighted by Crippen LogP contribution is -2.37. The lowest BCUT2D eigenvalue weighted by molar-refractivity contribution is -0.116. The summed E-state index contributed by atoms with van der Waals surface area (Å²) < 4.78 is 25.1. The van der Waals surface area contributed by atoms with Crippen LogP contribution in [0, 0.1) is 0 Å². The van der Waals surface area contributed by atoms with E-state index in [1.165, 1.54) is 26.2 Å². The Balaban J connectivity index is 1.84. The van der Waals surface area contributed by atoms with Crippen molar-refractivity contribution in [1.29, 1.82) is 0 Å². The molecule has 1 aliphatic heterocycles. The van der Waals surface area contributed by atoms with Gasteiger partial charge in [0.15, 0.2) is 0 Å². The summed E-state index contributed by atoms with van der Waals surface area (Å²) in [6.07, 6.45) is 1.66. The maximum atomic E-state index is 12.0. The number of anilines is 1. The smallest absolute Gasteiger partial charge is 0.242 e. The zero-order chi connectivity index (χ0) is 17.7. The Kier molecular flexibility index (Phi) is 6.34. The van der Waals surface area contributed by atoms with Crippen LogP contribution in [-0.4, -0.2) is 68.5 Å². The van der Waals surface area contributed by atoms with Gasteiger partial charge >= 0.3 is 0 Å². The number of nitrogens with one attached hydrogen (secondary N) is 1. The molecule has 1 fully saturated rings. The fourth-order valence-corrected chi connectivity index (χ4v) is 3.45. The summed E-state index contributed by atoms with van der Waals surface area (Å²) in [4.78, 5) is 14.4. The van der Waals surface area contributed by atoms with Gasteiger partial charge in [-0.05, 0) is 37.1 Å². The highest BCUT2D eigenvalue weighted by molar-refractivity contribution is 7.89. The standard InChI is InChI=1S/C16H25N3O4S/c1-18(2)24(22,23)15-5-3-13(4-6-15)17-16(21)9-12-19-10-7-14(20)8-11-19/h3-6,14,20H,7-12H2,1-2H3,(H,17,21). The molecule has 7 nitrogen and oxygen atoms in total. The molecule has 134 valence electrons. The summed E-state index contributed by atoms with van der Waals surface area (Å²) in [5, 5.41) is 12.2. The zero-order valence-electron chi connectivity index (χ0n) is 14.1. The monoisotopic (exact) mass is 355 g/mol. The third kappa shape index (κ3) is 5.01. The Morgan fingerprint density at radius 3 is 2.38 bits per heavy atom. The zero-order valence-corrected chi connectivity index (χ0v) is 14.9. The molecule has 0 bridgehead atoms. The fraction of sp³-hybridized carbons (Fsp3) is 0.562. The maximum absolute atomic E-state index is 12.0. The molecule has 0 atom stereocenters. The van der Waals surface area contributed by atoms with Gasteiger partial charge in [0.25, 0.3) is 0 Å². The van der Waals surface area contributed by atoms with Crippen LogP contribution in [0.25, 0.3) is 0 Å². The van der Waals surface area contributed by atoms with Crippen molar-refractivity contribution in [3.63, 3.8) is 0 Å². The van der Waals surface area contributed by atoms with E-state index in [0.29, 0.717) is 18.7 Å². The fourth-order valence-electron chi connectivity index (χ4n) is 2.55. The number of likely N-dealkylation sites (tertiary alicyclic amines) is 1. The highest BCUT2D eigenvalue weighted by Gasteiger charge is 2.18. The van der Waals surface area contributed by atoms with E-state index in [1.54, 1.807) is 12.1 Å². The molecule has 8 heteroatoms. The number of piperidine rings is 1. The number of carbonyl (C=O) groups is 1. The van der Waals surface area contributed by atoms with Gasteiger partial charge in [0.2, 0.25) is 15.9 Å². The van der Waals surface area contributed by atoms with Crippen LogP contribution in [0.4, 0.5) is 5.69 Å². The van der Waals surface area contributed by atoms with Gasteiger partial charge in [0.1, 0.15) is 0 Å². The molecule has 1 heterocycles. The Hall–Kier alpha value is -1.48. The van der Waals surface area contributed by atoms with Gasteiger partial charge in [-0.1, -0.05) is 0 Å². The minimum atomic E-state index is -3.46. The van der Waals surface area contributed by atoms with E-state index < -0.39 is 10.0 Å². The van der Waals surface area contributed by atoms with Gasteiger partial charge in [-0.15, -0.1) is 0 Å². The number of amides is 1. The third-order valence-electron chi connectivity index (χ3n) is 4.13. The minimum Gasteiger partial charge on any atom is -0.393 e. The first-order valence-corrected chi connectivity index (χ1v) is 9.46. The number of hydrogen-bond acceptors (Lipinski definition) is 5. The van der Waals surface area contributed by atoms with E-state index in [2.05, 4.69) is 10.2 Å². The number of aliphatic hydroxyl groups is 1. The van der Waals surface area contributed by atoms with Gasteiger partial charge in [0.05, 0.1) is 11.0 Å². The van der Waals surface area contributed by atoms with Crippen LogP contribution >= 0.6 is 0 Å². The number of carbonyl (C=O) groups excluding carboxylic acids is 1. The highest BCUT2D eigenvalue weighted by atomic mass is 32.2. The summed E-state index contributed by atoms with van der Waals surface area (Å²) >= 11 is 0. The summed E-state index contributed by atoms with van der Waals surface area (Å²) in [6, 6.07) is 6.14. The quantitative estimate of drug-likeness (QED) is 0.785. The topological polar surface area (TPSA) is 90.0 Å². The minimum absolute atomic E-state index is 0.107. The van der Waals surface area contributed by atoms with Crippen molar-refractivity contribution in [3.05, 3.63) is 24.3 Å². The van der Waals surface area contributed by atoms with E-state index in [-0.39, 0.29) is 16.9 Å². The van der Waals surface area contributed by atoms with Crippen LogP contribution in [0.3, 0.4) is 0 Å². The number of sulfonamides is 1. The van der Waals surface area contributed by atoms with Gasteiger partial charge in [0, 0.05) is 45.8 Å². The second-order valence-corrected chi connectivity index (χ2v) is 8.33. The van der Waals surface area contributed by atoms with Crippen LogP contribution in [0.5, 0.6) is 0 Å². The van der Waals surface area contributed by atoms with Crippen molar-refractivity contribution in [3.8, 4) is 0 Å². The second-order valence-electron chi connectivity index (χ2n) is 6.18. The first-order chi connectivity index (χ1) is 11.3. The predicted molar refractivity (Wildman–Crippen MR) is 92.2 cm³/mol. The number of hydrogen-bond donors (Lipinski definition) is 2. The maximum Gasteiger partial charge on any atom is 0.242 e. The molecule has 2 rings (SSSR count). The Morgan fingerprint density at radius 1 is 1.25 bits per heavy atom. The van der Waals surface area contributed by atoms with E-state index in [4.69, 9.17) is 0 Å². The molecule has 0 aliphatic carbocycles. The van der Waals surface area contributed by atoms with Gasteiger partial charge < -0.3 is 15.3 Å². The summed E-state index contributed by atoms with van der Waals surface area (Å²) in [5.41, 5.74) is 0.576. The summed E-state index contributed by atoms with van der Waals surface area (Å²) in [6.45, 7) is 2.28. The molecule has 1 aromatic carbocycles. The average molecular weight is 355 g/mol. The molecule has 1 saturated heterocycles. The Bertz CT molecular complexity index is 650. The van der Waals surface area contributed by atoms with Crippen LogP contribution in [0.1, 0.15) is 19.3 Å². The van der Waals surface area contributed by atoms with Crippen molar-refractivity contribution >= 4 is 21.6 Å². The highest BCUT2D eigenvalue weighted by Crippen LogP contribution is 2.17. The first-order valence-electron chi connectivity index (χ1n) is 8.02. The molecular formula is C16H25N3O4S. The van der Waals surface area contributed by atoms with Crippen LogP contribution in [0.2, 0.25) is 0 Å². The number of benzene rings is 1. The molecular weight excluding hydrogens is 330 g/mol. The van der Waals surface area contributed by atoms with Crippen LogP contribution in [-0.2, 0) is 14.8 Å². The molecule has 24 heavy (non-hydrogen) atoms. The molecule has 0 radical (unpaired) electrons. The summed E-state index contributed by atoms with van der Waals surface area (Å²) in [7, 11) is -0.504. The molecule has 1 aliphatic rings. The van der Waals surface area contributed by atoms with Crippen molar-refractivity contribution in [2.75, 3.05) is 39.0 Å². The predicted octanol–water partition coefficient (Wildman–Crippen LogP) is 0.722. The molecule has 0 aromatic heterocycles. The second kappa shape index (κ2) is 8.06. The normalized spacial score (nSPS) is 17.2. The van der Waals surface area contributed by atoms with Crippen molar-refractivity contribution in [1.82, 2.24) is 9.21 Å². The van der Waals surface area contributed by atoms with Gasteiger partial charge in [-0.25, -0.2) is 12.7 Å². The van der Waals surface area contributed by atoms with Crippen molar-refractivity contribution in [2.24, 2.45) is 0 Å². The molecule has 0 unspecified atom stereocenters. The van der Waals surface area contributed by atoms with E-state index in [0.717, 1.165) is 30.2 Å². The third-order valence-corrected chi connectivity index (χ3v) is 5.96. The summed E-state index contributed by atoms with van der Waals surface area (Å²) in [5.74, 6) is -0.107. The molecule has 1 amide bonds. The largest absolute Gasteiger partial charge is 0.393 e. The SMILES string of the molecule is CN(C)S(=O)(=O)c1ccc(NC(=O)CCN2CCC(O)CC2)cc1. The molecule has 1 aromatic rings. The number of aliphatic hydroxyl groups excluding tert-OH is 1. The lowest BCUT2D eigenvalue weighted by Gasteiger charge is -2.29. The molecule has 0 spiro atoms. The van der Waals surface area contributed by atoms with E-state index in [9.17, 15) is 18.3 Å². The number of rotatable bonds is 6. The Labute approximate surface area is 143 Å².